The van der Waals surface area contributed by atoms with Crippen LogP contribution in [0.4, 0.5) is 0 Å². The van der Waals surface area contributed by atoms with Gasteiger partial charge in [-0.3, -0.25) is 4.79 Å². The molecule has 2 aromatic rings. The first-order valence-electron chi connectivity index (χ1n) is 5.97. The van der Waals surface area contributed by atoms with Crippen molar-refractivity contribution in [2.24, 2.45) is 0 Å². The summed E-state index contributed by atoms with van der Waals surface area (Å²) in [6, 6.07) is 8.06. The molecule has 1 N–H and O–H groups in total. The fraction of sp³-hybridized carbons (Fsp3) is 0.357. The van der Waals surface area contributed by atoms with E-state index in [1.165, 1.54) is 5.39 Å². The van der Waals surface area contributed by atoms with Crippen LogP contribution in [0, 0.1) is 0 Å². The van der Waals surface area contributed by atoms with Crippen molar-refractivity contribution in [2.75, 3.05) is 6.54 Å². The molecule has 0 amide bonds. The highest BCUT2D eigenvalue weighted by Gasteiger charge is 2.37. The third-order valence-corrected chi connectivity index (χ3v) is 4.56. The highest BCUT2D eigenvalue weighted by Crippen LogP contribution is 2.30. The number of carbonyl (C=O) groups excluding carboxylic acids is 1. The molecule has 3 heteroatoms. The van der Waals surface area contributed by atoms with E-state index in [0.29, 0.717) is 0 Å². The quantitative estimate of drug-likeness (QED) is 0.823. The number of rotatable bonds is 2. The molecule has 2 nitrogen and oxygen atoms in total. The molecule has 1 unspecified atom stereocenters. The van der Waals surface area contributed by atoms with Crippen LogP contribution in [0.15, 0.2) is 29.6 Å². The largest absolute Gasteiger partial charge is 0.305 e. The van der Waals surface area contributed by atoms with Crippen molar-refractivity contribution < 1.29 is 4.79 Å². The molecule has 88 valence electrons. The molecule has 1 fully saturated rings. The summed E-state index contributed by atoms with van der Waals surface area (Å²) in [5.74, 6) is 0.239. The number of nitrogens with one attached hydrogen (secondary N) is 1. The van der Waals surface area contributed by atoms with Crippen molar-refractivity contribution >= 4 is 27.2 Å². The van der Waals surface area contributed by atoms with Crippen molar-refractivity contribution in [3.05, 3.63) is 35.2 Å². The SMILES string of the molecule is CC1(C(=O)c2cccc3ccsc23)CCCN1. The van der Waals surface area contributed by atoms with Crippen molar-refractivity contribution in [2.45, 2.75) is 25.3 Å². The van der Waals surface area contributed by atoms with Gasteiger partial charge in [0.05, 0.1) is 5.54 Å². The minimum Gasteiger partial charge on any atom is -0.305 e. The van der Waals surface area contributed by atoms with Gasteiger partial charge in [-0.2, -0.15) is 0 Å². The first-order valence-corrected chi connectivity index (χ1v) is 6.85. The topological polar surface area (TPSA) is 29.1 Å². The number of thiophene rings is 1. The van der Waals surface area contributed by atoms with Gasteiger partial charge in [-0.05, 0) is 49.2 Å². The Labute approximate surface area is 105 Å². The van der Waals surface area contributed by atoms with E-state index in [-0.39, 0.29) is 11.3 Å². The van der Waals surface area contributed by atoms with E-state index < -0.39 is 0 Å². The average Bonchev–Trinajstić information content (AvgIpc) is 2.96. The molecule has 0 radical (unpaired) electrons. The molecule has 1 saturated heterocycles. The molecular weight excluding hydrogens is 230 g/mol. The summed E-state index contributed by atoms with van der Waals surface area (Å²) in [5, 5.41) is 6.56. The predicted octanol–water partition coefficient (Wildman–Crippen LogP) is 3.23. The first-order chi connectivity index (χ1) is 8.21. The van der Waals surface area contributed by atoms with Crippen molar-refractivity contribution in [3.63, 3.8) is 0 Å². The van der Waals surface area contributed by atoms with Crippen molar-refractivity contribution in [1.82, 2.24) is 5.32 Å². The monoisotopic (exact) mass is 245 g/mol. The minimum atomic E-state index is -0.363. The van der Waals surface area contributed by atoms with E-state index in [1.54, 1.807) is 11.3 Å². The van der Waals surface area contributed by atoms with Crippen LogP contribution >= 0.6 is 11.3 Å². The molecule has 1 aromatic heterocycles. The Morgan fingerprint density at radius 2 is 2.29 bits per heavy atom. The average molecular weight is 245 g/mol. The normalized spacial score (nSPS) is 24.3. The zero-order chi connectivity index (χ0) is 11.9. The molecule has 17 heavy (non-hydrogen) atoms. The van der Waals surface area contributed by atoms with E-state index in [1.807, 2.05) is 24.4 Å². The molecule has 0 saturated carbocycles. The van der Waals surface area contributed by atoms with Crippen LogP contribution in [0.3, 0.4) is 0 Å². The lowest BCUT2D eigenvalue weighted by Gasteiger charge is -2.22. The third-order valence-electron chi connectivity index (χ3n) is 3.59. The smallest absolute Gasteiger partial charge is 0.184 e. The van der Waals surface area contributed by atoms with Gasteiger partial charge in [-0.25, -0.2) is 0 Å². The molecule has 1 aromatic carbocycles. The Morgan fingerprint density at radius 3 is 3.06 bits per heavy atom. The highest BCUT2D eigenvalue weighted by atomic mass is 32.1. The first kappa shape index (κ1) is 10.9. The summed E-state index contributed by atoms with van der Waals surface area (Å²) in [7, 11) is 0. The van der Waals surface area contributed by atoms with Crippen LogP contribution in [-0.2, 0) is 0 Å². The summed E-state index contributed by atoms with van der Waals surface area (Å²) in [6.45, 7) is 2.97. The molecule has 1 atom stereocenters. The van der Waals surface area contributed by atoms with Gasteiger partial charge in [0.1, 0.15) is 0 Å². The molecule has 2 heterocycles. The summed E-state index contributed by atoms with van der Waals surface area (Å²) >= 11 is 1.65. The number of benzene rings is 1. The van der Waals surface area contributed by atoms with Gasteiger partial charge in [0, 0.05) is 10.3 Å². The second-order valence-corrected chi connectivity index (χ2v) is 5.75. The molecule has 3 rings (SSSR count). The fourth-order valence-corrected chi connectivity index (χ4v) is 3.47. The summed E-state index contributed by atoms with van der Waals surface area (Å²) in [4.78, 5) is 12.6. The Balaban J connectivity index is 2.09. The third kappa shape index (κ3) is 1.70. The standard InChI is InChI=1S/C14H15NOS/c1-14(7-3-8-15-14)13(16)11-5-2-4-10-6-9-17-12(10)11/h2,4-6,9,15H,3,7-8H2,1H3. The number of ketones is 1. The Hall–Kier alpha value is -1.19. The predicted molar refractivity (Wildman–Crippen MR) is 71.8 cm³/mol. The van der Waals surface area contributed by atoms with Gasteiger partial charge in [0.2, 0.25) is 0 Å². The Bertz CT molecular complexity index is 566. The van der Waals surface area contributed by atoms with Crippen molar-refractivity contribution in [1.29, 1.82) is 0 Å². The van der Waals surface area contributed by atoms with Gasteiger partial charge < -0.3 is 5.32 Å². The molecule has 0 bridgehead atoms. The van der Waals surface area contributed by atoms with Gasteiger partial charge >= 0.3 is 0 Å². The molecule has 0 aliphatic carbocycles. The summed E-state index contributed by atoms with van der Waals surface area (Å²) in [6.07, 6.45) is 2.02. The lowest BCUT2D eigenvalue weighted by Crippen LogP contribution is -2.44. The summed E-state index contributed by atoms with van der Waals surface area (Å²) in [5.41, 5.74) is 0.507. The molecular formula is C14H15NOS. The number of hydrogen-bond acceptors (Lipinski definition) is 3. The van der Waals surface area contributed by atoms with Crippen LogP contribution < -0.4 is 5.32 Å². The van der Waals surface area contributed by atoms with Gasteiger partial charge in [0.25, 0.3) is 0 Å². The Morgan fingerprint density at radius 1 is 1.41 bits per heavy atom. The van der Waals surface area contributed by atoms with Crippen LogP contribution in [0.5, 0.6) is 0 Å². The lowest BCUT2D eigenvalue weighted by molar-refractivity contribution is 0.0886. The zero-order valence-electron chi connectivity index (χ0n) is 9.82. The number of Topliss-reactive ketones (excluding diaryl/α,β-unsaturated/α-hetero) is 1. The fourth-order valence-electron chi connectivity index (χ4n) is 2.56. The number of fused-ring (bicyclic) bond motifs is 1. The molecule has 1 aliphatic rings. The van der Waals surface area contributed by atoms with Crippen LogP contribution in [0.25, 0.3) is 10.1 Å². The lowest BCUT2D eigenvalue weighted by atomic mass is 9.89. The van der Waals surface area contributed by atoms with Crippen LogP contribution in [-0.4, -0.2) is 17.9 Å². The second kappa shape index (κ2) is 3.93. The maximum Gasteiger partial charge on any atom is 0.184 e. The maximum absolute atomic E-state index is 12.6. The molecule has 1 aliphatic heterocycles. The van der Waals surface area contributed by atoms with Crippen LogP contribution in [0.1, 0.15) is 30.1 Å². The van der Waals surface area contributed by atoms with Gasteiger partial charge in [-0.1, -0.05) is 12.1 Å². The molecule has 0 spiro atoms. The maximum atomic E-state index is 12.6. The van der Waals surface area contributed by atoms with Gasteiger partial charge in [0.15, 0.2) is 5.78 Å². The van der Waals surface area contributed by atoms with Crippen molar-refractivity contribution in [3.8, 4) is 0 Å². The second-order valence-electron chi connectivity index (χ2n) is 4.84. The van der Waals surface area contributed by atoms with E-state index >= 15 is 0 Å². The van der Waals surface area contributed by atoms with Gasteiger partial charge in [-0.15, -0.1) is 11.3 Å². The zero-order valence-corrected chi connectivity index (χ0v) is 10.6. The van der Waals surface area contributed by atoms with E-state index in [9.17, 15) is 4.79 Å². The van der Waals surface area contributed by atoms with Crippen LogP contribution in [0.2, 0.25) is 0 Å². The van der Waals surface area contributed by atoms with E-state index in [0.717, 1.165) is 29.6 Å². The highest BCUT2D eigenvalue weighted by molar-refractivity contribution is 7.17. The van der Waals surface area contributed by atoms with E-state index in [4.69, 9.17) is 0 Å². The number of hydrogen-bond donors (Lipinski definition) is 1. The number of carbonyl (C=O) groups is 1. The minimum absolute atomic E-state index is 0.239. The summed E-state index contributed by atoms with van der Waals surface area (Å²) < 4.78 is 1.12. The Kier molecular flexibility index (Phi) is 2.53. The van der Waals surface area contributed by atoms with E-state index in [2.05, 4.69) is 17.4 Å².